The van der Waals surface area contributed by atoms with Gasteiger partial charge in [-0.3, -0.25) is 9.97 Å². The molecule has 1 saturated heterocycles. The molecule has 0 N–H and O–H groups in total. The summed E-state index contributed by atoms with van der Waals surface area (Å²) in [5.74, 6) is 0. The average Bonchev–Trinajstić information content (AvgIpc) is 3.98. The number of pyridine rings is 4. The zero-order valence-corrected chi connectivity index (χ0v) is 38.1. The van der Waals surface area contributed by atoms with Crippen LogP contribution in [0.4, 0.5) is 0 Å². The molecule has 0 amide bonds. The van der Waals surface area contributed by atoms with Crippen LogP contribution in [0.25, 0.3) is 111 Å². The van der Waals surface area contributed by atoms with Crippen molar-refractivity contribution in [3.05, 3.63) is 175 Å². The number of hydrogen-bond donors (Lipinski definition) is 0. The molecular formula is C58H45BN4O4. The number of aryl methyl sites for hydroxylation is 2. The summed E-state index contributed by atoms with van der Waals surface area (Å²) < 4.78 is 26.1. The third kappa shape index (κ3) is 6.93. The van der Waals surface area contributed by atoms with Crippen LogP contribution in [0.1, 0.15) is 39.1 Å². The van der Waals surface area contributed by atoms with E-state index in [1.54, 1.807) is 0 Å². The van der Waals surface area contributed by atoms with Crippen LogP contribution in [0.3, 0.4) is 0 Å². The van der Waals surface area contributed by atoms with Gasteiger partial charge in [0.25, 0.3) is 0 Å². The first kappa shape index (κ1) is 40.8. The Morgan fingerprint density at radius 3 is 1.24 bits per heavy atom. The van der Waals surface area contributed by atoms with Crippen molar-refractivity contribution in [2.75, 3.05) is 0 Å². The minimum absolute atomic E-state index is 0.519. The van der Waals surface area contributed by atoms with Crippen molar-refractivity contribution < 1.29 is 18.1 Å². The summed E-state index contributed by atoms with van der Waals surface area (Å²) in [4.78, 5) is 19.4. The summed E-state index contributed by atoms with van der Waals surface area (Å²) in [5, 5.41) is 4.03. The Morgan fingerprint density at radius 2 is 0.821 bits per heavy atom. The van der Waals surface area contributed by atoms with Gasteiger partial charge in [-0.2, -0.15) is 0 Å². The van der Waals surface area contributed by atoms with Crippen LogP contribution >= 0.6 is 0 Å². The quantitative estimate of drug-likeness (QED) is 0.146. The molecule has 0 bridgehead atoms. The van der Waals surface area contributed by atoms with Gasteiger partial charge < -0.3 is 18.1 Å². The van der Waals surface area contributed by atoms with E-state index in [1.165, 1.54) is 0 Å². The van der Waals surface area contributed by atoms with Crippen LogP contribution in [0.15, 0.2) is 173 Å². The van der Waals surface area contributed by atoms with Crippen LogP contribution in [0.2, 0.25) is 0 Å². The molecule has 6 aromatic heterocycles. The molecule has 5 aromatic carbocycles. The molecule has 0 spiro atoms. The summed E-state index contributed by atoms with van der Waals surface area (Å²) in [6, 6.07) is 52.7. The molecule has 0 unspecified atom stereocenters. The fraction of sp³-hybridized carbons (Fsp3) is 0.138. The van der Waals surface area contributed by atoms with Gasteiger partial charge in [0.2, 0.25) is 11.4 Å². The molecule has 12 rings (SSSR count). The molecule has 9 heteroatoms. The van der Waals surface area contributed by atoms with Gasteiger partial charge in [-0.25, -0.2) is 9.97 Å². The van der Waals surface area contributed by atoms with Gasteiger partial charge in [0.15, 0.2) is 0 Å². The fourth-order valence-corrected chi connectivity index (χ4v) is 9.42. The molecule has 324 valence electrons. The second-order valence-corrected chi connectivity index (χ2v) is 18.6. The molecule has 67 heavy (non-hydrogen) atoms. The number of aromatic nitrogens is 4. The van der Waals surface area contributed by atoms with Gasteiger partial charge in [-0.1, -0.05) is 97.1 Å². The second kappa shape index (κ2) is 15.4. The molecule has 1 aliphatic rings. The summed E-state index contributed by atoms with van der Waals surface area (Å²) >= 11 is 0. The maximum Gasteiger partial charge on any atom is 0.494 e. The van der Waals surface area contributed by atoms with E-state index in [0.717, 1.165) is 117 Å². The third-order valence-electron chi connectivity index (χ3n) is 13.7. The molecule has 1 aliphatic heterocycles. The molecular weight excluding hydrogens is 827 g/mol. The lowest BCUT2D eigenvalue weighted by atomic mass is 9.75. The maximum atomic E-state index is 6.72. The monoisotopic (exact) mass is 872 g/mol. The average molecular weight is 873 g/mol. The summed E-state index contributed by atoms with van der Waals surface area (Å²) in [6.45, 7) is 12.3. The third-order valence-corrected chi connectivity index (χ3v) is 13.7. The van der Waals surface area contributed by atoms with Gasteiger partial charge >= 0.3 is 7.12 Å². The number of fused-ring (bicyclic) bond motifs is 6. The van der Waals surface area contributed by atoms with Crippen molar-refractivity contribution in [1.82, 2.24) is 19.9 Å². The Labute approximate surface area is 388 Å². The van der Waals surface area contributed by atoms with Crippen LogP contribution in [-0.4, -0.2) is 38.3 Å². The van der Waals surface area contributed by atoms with Crippen molar-refractivity contribution in [3.8, 4) is 67.0 Å². The highest BCUT2D eigenvalue weighted by Gasteiger charge is 2.52. The van der Waals surface area contributed by atoms with Gasteiger partial charge in [-0.05, 0) is 135 Å². The van der Waals surface area contributed by atoms with Gasteiger partial charge in [0.1, 0.15) is 11.2 Å². The summed E-state index contributed by atoms with van der Waals surface area (Å²) in [7, 11) is -0.579. The van der Waals surface area contributed by atoms with Crippen molar-refractivity contribution >= 4 is 56.7 Å². The van der Waals surface area contributed by atoms with E-state index in [1.807, 2.05) is 38.4 Å². The molecule has 8 nitrogen and oxygen atoms in total. The Morgan fingerprint density at radius 1 is 0.403 bits per heavy atom. The van der Waals surface area contributed by atoms with E-state index in [-0.39, 0.29) is 0 Å². The number of para-hydroxylation sites is 2. The van der Waals surface area contributed by atoms with E-state index in [2.05, 4.69) is 177 Å². The molecule has 1 fully saturated rings. The Balaban J connectivity index is 0.941. The highest BCUT2D eigenvalue weighted by atomic mass is 16.7. The summed E-state index contributed by atoms with van der Waals surface area (Å²) in [6.07, 6.45) is 3.91. The van der Waals surface area contributed by atoms with E-state index in [0.29, 0.717) is 11.4 Å². The predicted molar refractivity (Wildman–Crippen MR) is 270 cm³/mol. The van der Waals surface area contributed by atoms with Crippen LogP contribution in [0, 0.1) is 13.8 Å². The van der Waals surface area contributed by atoms with Crippen LogP contribution in [0.5, 0.6) is 0 Å². The molecule has 0 radical (unpaired) electrons. The lowest BCUT2D eigenvalue weighted by Crippen LogP contribution is -2.41. The number of nitrogens with zero attached hydrogens (tertiary/aromatic N) is 4. The Bertz CT molecular complexity index is 3500. The van der Waals surface area contributed by atoms with Crippen LogP contribution in [-0.2, 0) is 9.31 Å². The topological polar surface area (TPSA) is 96.3 Å². The van der Waals surface area contributed by atoms with Crippen molar-refractivity contribution in [3.63, 3.8) is 0 Å². The first-order chi connectivity index (χ1) is 32.5. The Kier molecular flexibility index (Phi) is 9.40. The zero-order chi connectivity index (χ0) is 45.6. The van der Waals surface area contributed by atoms with E-state index >= 15 is 0 Å². The molecule has 7 heterocycles. The number of rotatable bonds is 7. The second-order valence-electron chi connectivity index (χ2n) is 18.6. The van der Waals surface area contributed by atoms with Crippen molar-refractivity contribution in [1.29, 1.82) is 0 Å². The van der Waals surface area contributed by atoms with Crippen molar-refractivity contribution in [2.24, 2.45) is 0 Å². The van der Waals surface area contributed by atoms with Gasteiger partial charge in [-0.15, -0.1) is 0 Å². The largest absolute Gasteiger partial charge is 0.494 e. The first-order valence-corrected chi connectivity index (χ1v) is 22.7. The van der Waals surface area contributed by atoms with Gasteiger partial charge in [0.05, 0.1) is 22.6 Å². The van der Waals surface area contributed by atoms with E-state index < -0.39 is 18.3 Å². The lowest BCUT2D eigenvalue weighted by molar-refractivity contribution is 0.00578. The molecule has 11 aromatic rings. The van der Waals surface area contributed by atoms with Crippen molar-refractivity contribution in [2.45, 2.75) is 52.7 Å². The molecule has 0 saturated carbocycles. The van der Waals surface area contributed by atoms with Gasteiger partial charge in [0, 0.05) is 67.6 Å². The fourth-order valence-electron chi connectivity index (χ4n) is 9.42. The highest BCUT2D eigenvalue weighted by Crippen LogP contribution is 2.42. The number of furan rings is 2. The highest BCUT2D eigenvalue weighted by molar-refractivity contribution is 6.62. The molecule has 0 atom stereocenters. The normalized spacial score (nSPS) is 14.5. The SMILES string of the molecule is Cc1ccc2c(n1)oc1c(-c3ccc(-c4ccccc4-c4cc(B5OC(C)(C)C(C)(C)O5)cc(-c5ccccc5-c5ccc(-c6cccc7c6oc6nc(C)ccc67)nc5)c4)cn3)cccc12. The smallest absolute Gasteiger partial charge is 0.437 e. The minimum Gasteiger partial charge on any atom is -0.437 e. The maximum absolute atomic E-state index is 6.72. The lowest BCUT2D eigenvalue weighted by Gasteiger charge is -2.32. The zero-order valence-electron chi connectivity index (χ0n) is 38.1. The van der Waals surface area contributed by atoms with E-state index in [9.17, 15) is 0 Å². The van der Waals surface area contributed by atoms with Crippen LogP contribution < -0.4 is 5.46 Å². The Hall–Kier alpha value is -7.72. The first-order valence-electron chi connectivity index (χ1n) is 22.7. The van der Waals surface area contributed by atoms with E-state index in [4.69, 9.17) is 28.1 Å². The molecule has 0 aliphatic carbocycles. The minimum atomic E-state index is -0.579. The summed E-state index contributed by atoms with van der Waals surface area (Å²) in [5.41, 5.74) is 16.3. The predicted octanol–water partition coefficient (Wildman–Crippen LogP) is 14.0. The standard InChI is InChI=1S/C58H45BN4O4/c1-34-21-25-47-45-17-11-19-49(53(45)64-55(47)62-34)51-27-23-36(32-60-51)41-13-7-9-15-43(41)38-29-39(31-40(30-38)59-66-57(3,4)58(5,6)67-59)44-16-10-8-14-42(44)37-24-28-52(61-33-37)50-20-12-18-46-48-26-22-35(2)63-56(48)65-54(46)50/h7-33H,1-6H3. The number of hydrogen-bond acceptors (Lipinski definition) is 8. The number of benzene rings is 5.